The molecule has 0 amide bonds. The number of nitrogens with zero attached hydrogens (tertiary/aromatic N) is 1. The lowest BCUT2D eigenvalue weighted by Gasteiger charge is -2.11. The Morgan fingerprint density at radius 1 is 1.47 bits per heavy atom. The highest BCUT2D eigenvalue weighted by atomic mass is 32.2. The van der Waals surface area contributed by atoms with Crippen LogP contribution in [-0.2, 0) is 9.84 Å². The van der Waals surface area contributed by atoms with Crippen LogP contribution < -0.4 is 5.32 Å². The van der Waals surface area contributed by atoms with Gasteiger partial charge in [-0.05, 0) is 12.1 Å². The first-order chi connectivity index (χ1) is 8.75. The molecule has 0 heterocycles. The van der Waals surface area contributed by atoms with Crippen LogP contribution >= 0.6 is 0 Å². The van der Waals surface area contributed by atoms with Crippen molar-refractivity contribution >= 4 is 21.2 Å². The Morgan fingerprint density at radius 3 is 2.58 bits per heavy atom. The van der Waals surface area contributed by atoms with Gasteiger partial charge < -0.3 is 15.5 Å². The third kappa shape index (κ3) is 4.16. The van der Waals surface area contributed by atoms with Gasteiger partial charge in [-0.1, -0.05) is 0 Å². The number of hydrogen-bond donors (Lipinski definition) is 3. The second-order valence-electron chi connectivity index (χ2n) is 3.93. The molecule has 1 rings (SSSR count). The summed E-state index contributed by atoms with van der Waals surface area (Å²) in [6.07, 6.45) is -0.108. The molecular formula is C10H14N2O6S. The van der Waals surface area contributed by atoms with Crippen LogP contribution in [0.25, 0.3) is 0 Å². The fourth-order valence-corrected chi connectivity index (χ4v) is 1.98. The Bertz CT molecular complexity index is 571. The predicted octanol–water partition coefficient (Wildman–Crippen LogP) is -0.237. The number of hydrogen-bond acceptors (Lipinski definition) is 7. The molecular weight excluding hydrogens is 276 g/mol. The second-order valence-corrected chi connectivity index (χ2v) is 5.94. The molecule has 8 nitrogen and oxygen atoms in total. The molecule has 1 unspecified atom stereocenters. The molecule has 0 saturated carbocycles. The van der Waals surface area contributed by atoms with E-state index < -0.39 is 33.2 Å². The van der Waals surface area contributed by atoms with Crippen LogP contribution in [0.5, 0.6) is 0 Å². The maximum absolute atomic E-state index is 11.3. The Balaban J connectivity index is 3.09. The number of nitrogens with one attached hydrogen (secondary N) is 1. The molecule has 0 radical (unpaired) electrons. The molecule has 106 valence electrons. The lowest BCUT2D eigenvalue weighted by Crippen LogP contribution is -2.23. The first-order valence-electron chi connectivity index (χ1n) is 5.27. The fraction of sp³-hybridized carbons (Fsp3) is 0.400. The number of sulfone groups is 1. The van der Waals surface area contributed by atoms with Crippen molar-refractivity contribution in [3.8, 4) is 0 Å². The SMILES string of the molecule is CS(=O)(=O)c1ccc(NCC(O)CO)c([N+](=O)[O-])c1. The molecule has 0 fully saturated rings. The van der Waals surface area contributed by atoms with E-state index in [4.69, 9.17) is 10.2 Å². The van der Waals surface area contributed by atoms with Crippen LogP contribution in [0.15, 0.2) is 23.1 Å². The third-order valence-electron chi connectivity index (χ3n) is 2.33. The molecule has 19 heavy (non-hydrogen) atoms. The second kappa shape index (κ2) is 5.95. The largest absolute Gasteiger partial charge is 0.394 e. The predicted molar refractivity (Wildman–Crippen MR) is 67.8 cm³/mol. The Morgan fingerprint density at radius 2 is 2.11 bits per heavy atom. The quantitative estimate of drug-likeness (QED) is 0.487. The van der Waals surface area contributed by atoms with Crippen LogP contribution in [0.2, 0.25) is 0 Å². The van der Waals surface area contributed by atoms with Crippen LogP contribution in [0.1, 0.15) is 0 Å². The van der Waals surface area contributed by atoms with Crippen LogP contribution in [0.4, 0.5) is 11.4 Å². The molecule has 3 N–H and O–H groups in total. The summed E-state index contributed by atoms with van der Waals surface area (Å²) in [6, 6.07) is 3.43. The zero-order valence-electron chi connectivity index (χ0n) is 10.1. The molecule has 1 atom stereocenters. The van der Waals surface area contributed by atoms with E-state index in [9.17, 15) is 18.5 Å². The van der Waals surface area contributed by atoms with E-state index >= 15 is 0 Å². The van der Waals surface area contributed by atoms with Gasteiger partial charge in [0, 0.05) is 18.9 Å². The van der Waals surface area contributed by atoms with E-state index in [-0.39, 0.29) is 17.1 Å². The van der Waals surface area contributed by atoms with Gasteiger partial charge in [-0.2, -0.15) is 0 Å². The molecule has 0 spiro atoms. The van der Waals surface area contributed by atoms with E-state index in [1.165, 1.54) is 12.1 Å². The molecule has 1 aromatic carbocycles. The van der Waals surface area contributed by atoms with Crippen LogP contribution in [0, 0.1) is 10.1 Å². The first-order valence-corrected chi connectivity index (χ1v) is 7.16. The Kier molecular flexibility index (Phi) is 4.81. The number of nitro groups is 1. The molecule has 9 heteroatoms. The van der Waals surface area contributed by atoms with Gasteiger partial charge in [0.25, 0.3) is 5.69 Å². The van der Waals surface area contributed by atoms with Gasteiger partial charge >= 0.3 is 0 Å². The van der Waals surface area contributed by atoms with E-state index in [2.05, 4.69) is 5.32 Å². The van der Waals surface area contributed by atoms with Gasteiger partial charge in [0.1, 0.15) is 5.69 Å². The zero-order chi connectivity index (χ0) is 14.6. The summed E-state index contributed by atoms with van der Waals surface area (Å²) in [4.78, 5) is 9.99. The summed E-state index contributed by atoms with van der Waals surface area (Å²) in [6.45, 7) is -0.572. The van der Waals surface area contributed by atoms with Crippen molar-refractivity contribution in [1.29, 1.82) is 0 Å². The highest BCUT2D eigenvalue weighted by molar-refractivity contribution is 7.90. The number of benzene rings is 1. The third-order valence-corrected chi connectivity index (χ3v) is 3.44. The summed E-state index contributed by atoms with van der Waals surface area (Å²) < 4.78 is 22.6. The molecule has 0 aliphatic carbocycles. The smallest absolute Gasteiger partial charge is 0.293 e. The molecule has 0 aliphatic rings. The highest BCUT2D eigenvalue weighted by Gasteiger charge is 2.18. The molecule has 0 saturated heterocycles. The normalized spacial score (nSPS) is 13.0. The number of nitro benzene ring substituents is 1. The fourth-order valence-electron chi connectivity index (χ4n) is 1.33. The van der Waals surface area contributed by atoms with Crippen LogP contribution in [0.3, 0.4) is 0 Å². The lowest BCUT2D eigenvalue weighted by atomic mass is 10.2. The number of aliphatic hydroxyl groups excluding tert-OH is 2. The molecule has 0 aromatic heterocycles. The van der Waals surface area contributed by atoms with E-state index in [0.717, 1.165) is 12.3 Å². The summed E-state index contributed by atoms with van der Waals surface area (Å²) in [5.74, 6) is 0. The van der Waals surface area contributed by atoms with Crippen molar-refractivity contribution in [2.24, 2.45) is 0 Å². The van der Waals surface area contributed by atoms with Gasteiger partial charge in [0.15, 0.2) is 9.84 Å². The van der Waals surface area contributed by atoms with Crippen molar-refractivity contribution in [1.82, 2.24) is 0 Å². The average Bonchev–Trinajstić information content (AvgIpc) is 2.34. The lowest BCUT2D eigenvalue weighted by molar-refractivity contribution is -0.384. The summed E-state index contributed by atoms with van der Waals surface area (Å²) in [5, 5.41) is 31.2. The maximum atomic E-state index is 11.3. The standard InChI is InChI=1S/C10H14N2O6S/c1-19(17,18)8-2-3-9(10(4-8)12(15)16)11-5-7(14)6-13/h2-4,7,11,13-14H,5-6H2,1H3. The monoisotopic (exact) mass is 290 g/mol. The Hall–Kier alpha value is -1.71. The summed E-state index contributed by atoms with van der Waals surface area (Å²) in [5.41, 5.74) is -0.335. The maximum Gasteiger partial charge on any atom is 0.293 e. The van der Waals surface area contributed by atoms with Crippen molar-refractivity contribution in [3.63, 3.8) is 0 Å². The van der Waals surface area contributed by atoms with Gasteiger partial charge in [-0.25, -0.2) is 8.42 Å². The number of aliphatic hydroxyl groups is 2. The zero-order valence-corrected chi connectivity index (χ0v) is 10.9. The van der Waals surface area contributed by atoms with E-state index in [1.54, 1.807) is 0 Å². The Labute approximate surface area is 109 Å². The van der Waals surface area contributed by atoms with Crippen LogP contribution in [-0.4, -0.2) is 49.1 Å². The molecule has 0 bridgehead atoms. The number of anilines is 1. The van der Waals surface area contributed by atoms with Gasteiger partial charge in [0.05, 0.1) is 22.5 Å². The number of rotatable bonds is 6. The minimum absolute atomic E-state index is 0.0740. The summed E-state index contributed by atoms with van der Waals surface area (Å²) >= 11 is 0. The van der Waals surface area contributed by atoms with E-state index in [0.29, 0.717) is 0 Å². The molecule has 1 aromatic rings. The topological polar surface area (TPSA) is 130 Å². The minimum Gasteiger partial charge on any atom is -0.394 e. The molecule has 0 aliphatic heterocycles. The minimum atomic E-state index is -3.53. The van der Waals surface area contributed by atoms with Crippen molar-refractivity contribution in [3.05, 3.63) is 28.3 Å². The first kappa shape index (κ1) is 15.3. The van der Waals surface area contributed by atoms with Gasteiger partial charge in [0.2, 0.25) is 0 Å². The average molecular weight is 290 g/mol. The van der Waals surface area contributed by atoms with Crippen molar-refractivity contribution in [2.45, 2.75) is 11.0 Å². The van der Waals surface area contributed by atoms with Gasteiger partial charge in [-0.3, -0.25) is 10.1 Å². The van der Waals surface area contributed by atoms with Gasteiger partial charge in [-0.15, -0.1) is 0 Å². The summed E-state index contributed by atoms with van der Waals surface area (Å²) in [7, 11) is -3.53. The van der Waals surface area contributed by atoms with Crippen molar-refractivity contribution < 1.29 is 23.6 Å². The highest BCUT2D eigenvalue weighted by Crippen LogP contribution is 2.27. The van der Waals surface area contributed by atoms with E-state index in [1.807, 2.05) is 0 Å². The van der Waals surface area contributed by atoms with Crippen molar-refractivity contribution in [2.75, 3.05) is 24.7 Å².